The van der Waals surface area contributed by atoms with E-state index in [-0.39, 0.29) is 0 Å². The van der Waals surface area contributed by atoms with E-state index in [0.717, 1.165) is 19.8 Å². The summed E-state index contributed by atoms with van der Waals surface area (Å²) in [5, 5.41) is 3.27. The molecule has 1 N–H and O–H groups in total. The molecule has 2 atom stereocenters. The predicted molar refractivity (Wildman–Crippen MR) is 55.0 cm³/mol. The molecule has 0 radical (unpaired) electrons. The highest BCUT2D eigenvalue weighted by Gasteiger charge is 2.18. The molecular formula is C10H22N2O. The number of likely N-dealkylation sites (N-methyl/N-ethyl adjacent to an activating group) is 1. The number of hydrogen-bond donors (Lipinski definition) is 1. The molecule has 1 heterocycles. The van der Waals surface area contributed by atoms with Gasteiger partial charge in [-0.25, -0.2) is 0 Å². The van der Waals surface area contributed by atoms with Gasteiger partial charge in [0.05, 0.1) is 6.61 Å². The minimum absolute atomic E-state index is 0.568. The highest BCUT2D eigenvalue weighted by atomic mass is 16.5. The van der Waals surface area contributed by atoms with E-state index in [1.165, 1.54) is 13.0 Å². The van der Waals surface area contributed by atoms with E-state index < -0.39 is 0 Å². The van der Waals surface area contributed by atoms with Crippen molar-refractivity contribution in [1.82, 2.24) is 10.2 Å². The first-order valence-corrected chi connectivity index (χ1v) is 5.23. The molecule has 1 rings (SSSR count). The van der Waals surface area contributed by atoms with Crippen LogP contribution in [-0.4, -0.2) is 50.3 Å². The third-order valence-electron chi connectivity index (χ3n) is 2.72. The van der Waals surface area contributed by atoms with Crippen molar-refractivity contribution in [2.45, 2.75) is 32.4 Å². The summed E-state index contributed by atoms with van der Waals surface area (Å²) in [4.78, 5) is 2.51. The van der Waals surface area contributed by atoms with E-state index in [1.54, 1.807) is 0 Å². The lowest BCUT2D eigenvalue weighted by atomic mass is 10.2. The second-order valence-corrected chi connectivity index (χ2v) is 3.96. The van der Waals surface area contributed by atoms with Gasteiger partial charge >= 0.3 is 0 Å². The van der Waals surface area contributed by atoms with Gasteiger partial charge in [0.15, 0.2) is 0 Å². The van der Waals surface area contributed by atoms with Crippen LogP contribution in [0.4, 0.5) is 0 Å². The summed E-state index contributed by atoms with van der Waals surface area (Å²) in [6.45, 7) is 8.57. The van der Waals surface area contributed by atoms with Gasteiger partial charge in [-0.2, -0.15) is 0 Å². The van der Waals surface area contributed by atoms with Gasteiger partial charge in [0.25, 0.3) is 0 Å². The van der Waals surface area contributed by atoms with Crippen molar-refractivity contribution < 1.29 is 4.74 Å². The minimum atomic E-state index is 0.568. The van der Waals surface area contributed by atoms with Crippen molar-refractivity contribution in [3.8, 4) is 0 Å². The van der Waals surface area contributed by atoms with Crippen LogP contribution in [0, 0.1) is 0 Å². The van der Waals surface area contributed by atoms with Crippen LogP contribution < -0.4 is 5.32 Å². The Kier molecular flexibility index (Phi) is 4.70. The van der Waals surface area contributed by atoms with Gasteiger partial charge in [-0.3, -0.25) is 4.90 Å². The fourth-order valence-electron chi connectivity index (χ4n) is 1.66. The summed E-state index contributed by atoms with van der Waals surface area (Å²) in [6.07, 6.45) is 1.17. The summed E-state index contributed by atoms with van der Waals surface area (Å²) >= 11 is 0. The van der Waals surface area contributed by atoms with Crippen molar-refractivity contribution >= 4 is 0 Å². The average Bonchev–Trinajstić information content (AvgIpc) is 2.32. The second-order valence-electron chi connectivity index (χ2n) is 3.96. The first-order chi connectivity index (χ1) is 6.24. The molecule has 3 heteroatoms. The topological polar surface area (TPSA) is 24.5 Å². The lowest BCUT2D eigenvalue weighted by Gasteiger charge is -2.28. The lowest BCUT2D eigenvalue weighted by Crippen LogP contribution is -2.43. The largest absolute Gasteiger partial charge is 0.380 e. The number of hydrogen-bond acceptors (Lipinski definition) is 3. The highest BCUT2D eigenvalue weighted by Crippen LogP contribution is 2.07. The van der Waals surface area contributed by atoms with Crippen LogP contribution in [0.5, 0.6) is 0 Å². The molecule has 1 unspecified atom stereocenters. The number of ether oxygens (including phenoxy) is 1. The Balaban J connectivity index is 2.35. The van der Waals surface area contributed by atoms with Gasteiger partial charge in [0.2, 0.25) is 0 Å². The average molecular weight is 186 g/mol. The van der Waals surface area contributed by atoms with Gasteiger partial charge in [-0.05, 0) is 27.3 Å². The van der Waals surface area contributed by atoms with Crippen molar-refractivity contribution in [1.29, 1.82) is 0 Å². The van der Waals surface area contributed by atoms with E-state index in [1.807, 2.05) is 7.05 Å². The maximum Gasteiger partial charge on any atom is 0.0619 e. The van der Waals surface area contributed by atoms with Crippen LogP contribution in [0.1, 0.15) is 20.3 Å². The third-order valence-corrected chi connectivity index (χ3v) is 2.72. The highest BCUT2D eigenvalue weighted by molar-refractivity contribution is 4.73. The predicted octanol–water partition coefficient (Wildman–Crippen LogP) is 0.705. The molecule has 0 aromatic rings. The molecule has 1 saturated heterocycles. The Morgan fingerprint density at radius 2 is 2.38 bits per heavy atom. The van der Waals surface area contributed by atoms with E-state index in [9.17, 15) is 0 Å². The first-order valence-electron chi connectivity index (χ1n) is 5.23. The monoisotopic (exact) mass is 186 g/mol. The van der Waals surface area contributed by atoms with Gasteiger partial charge in [-0.1, -0.05) is 0 Å². The van der Waals surface area contributed by atoms with Crippen molar-refractivity contribution in [2.75, 3.05) is 33.4 Å². The van der Waals surface area contributed by atoms with Gasteiger partial charge < -0.3 is 10.1 Å². The van der Waals surface area contributed by atoms with E-state index >= 15 is 0 Å². The quantitative estimate of drug-likeness (QED) is 0.702. The molecule has 1 aliphatic rings. The van der Waals surface area contributed by atoms with Gasteiger partial charge in [0, 0.05) is 31.8 Å². The molecule has 0 bridgehead atoms. The molecule has 0 aromatic carbocycles. The van der Waals surface area contributed by atoms with Crippen LogP contribution in [0.3, 0.4) is 0 Å². The summed E-state index contributed by atoms with van der Waals surface area (Å²) < 4.78 is 5.49. The normalized spacial score (nSPS) is 28.4. The summed E-state index contributed by atoms with van der Waals surface area (Å²) in [7, 11) is 2.02. The van der Waals surface area contributed by atoms with Crippen molar-refractivity contribution in [3.05, 3.63) is 0 Å². The zero-order chi connectivity index (χ0) is 9.68. The number of nitrogens with zero attached hydrogens (tertiary/aromatic N) is 1. The zero-order valence-corrected chi connectivity index (χ0v) is 9.05. The number of nitrogens with one attached hydrogen (secondary N) is 1. The first kappa shape index (κ1) is 11.0. The molecule has 1 aliphatic heterocycles. The maximum absolute atomic E-state index is 5.49. The maximum atomic E-state index is 5.49. The van der Waals surface area contributed by atoms with Crippen LogP contribution in [-0.2, 0) is 4.74 Å². The van der Waals surface area contributed by atoms with Crippen LogP contribution in [0.2, 0.25) is 0 Å². The van der Waals surface area contributed by atoms with Crippen LogP contribution >= 0.6 is 0 Å². The van der Waals surface area contributed by atoms with E-state index in [0.29, 0.717) is 12.1 Å². The van der Waals surface area contributed by atoms with Gasteiger partial charge in [-0.15, -0.1) is 0 Å². The molecule has 0 saturated carbocycles. The van der Waals surface area contributed by atoms with Gasteiger partial charge in [0.1, 0.15) is 0 Å². The Morgan fingerprint density at radius 3 is 3.08 bits per heavy atom. The molecule has 3 nitrogen and oxygen atoms in total. The van der Waals surface area contributed by atoms with Crippen molar-refractivity contribution in [2.24, 2.45) is 0 Å². The van der Waals surface area contributed by atoms with Crippen LogP contribution in [0.25, 0.3) is 0 Å². The Morgan fingerprint density at radius 1 is 1.62 bits per heavy atom. The Bertz CT molecular complexity index is 141. The summed E-state index contributed by atoms with van der Waals surface area (Å²) in [5.41, 5.74) is 0. The molecule has 78 valence electrons. The van der Waals surface area contributed by atoms with E-state index in [4.69, 9.17) is 4.74 Å². The Hall–Kier alpha value is -0.120. The summed E-state index contributed by atoms with van der Waals surface area (Å²) in [5.74, 6) is 0. The second kappa shape index (κ2) is 5.58. The van der Waals surface area contributed by atoms with E-state index in [2.05, 4.69) is 24.1 Å². The molecule has 0 amide bonds. The molecule has 1 fully saturated rings. The molecule has 13 heavy (non-hydrogen) atoms. The lowest BCUT2D eigenvalue weighted by molar-refractivity contribution is 0.105. The van der Waals surface area contributed by atoms with Crippen LogP contribution in [0.15, 0.2) is 0 Å². The standard InChI is InChI=1S/C10H22N2O/c1-9(11-3)7-12-5-4-6-13-8-10(12)2/h9-11H,4-8H2,1-3H3/t9-,10?/m0/s1. The Labute approximate surface area is 81.4 Å². The third kappa shape index (κ3) is 3.63. The fourth-order valence-corrected chi connectivity index (χ4v) is 1.66. The SMILES string of the molecule is CN[C@@H](C)CN1CCCOCC1C. The minimum Gasteiger partial charge on any atom is -0.380 e. The molecule has 0 aromatic heterocycles. The molecule has 0 spiro atoms. The zero-order valence-electron chi connectivity index (χ0n) is 9.05. The summed E-state index contributed by atoms with van der Waals surface area (Å²) in [6, 6.07) is 1.14. The molecule has 0 aliphatic carbocycles. The smallest absolute Gasteiger partial charge is 0.0619 e. The fraction of sp³-hybridized carbons (Fsp3) is 1.00. The molecular weight excluding hydrogens is 164 g/mol. The number of rotatable bonds is 3. The van der Waals surface area contributed by atoms with Crippen molar-refractivity contribution in [3.63, 3.8) is 0 Å².